The van der Waals surface area contributed by atoms with Gasteiger partial charge in [-0.25, -0.2) is 0 Å². The van der Waals surface area contributed by atoms with Gasteiger partial charge in [-0.15, -0.1) is 0 Å². The number of hydrogen-bond acceptors (Lipinski definition) is 8. The lowest BCUT2D eigenvalue weighted by molar-refractivity contribution is -0.292. The lowest BCUT2D eigenvalue weighted by Crippen LogP contribution is -2.60. The molecule has 0 radical (unpaired) electrons. The van der Waals surface area contributed by atoms with E-state index < -0.39 is 37.3 Å². The maximum Gasteiger partial charge on any atom is 0.358 e. The molecule has 1 aromatic carbocycles. The summed E-state index contributed by atoms with van der Waals surface area (Å²) in [6.07, 6.45) is -5.85. The SMILES string of the molecule is CO[C@@H]1O[C@H](CO)[C@H](O)[C@H](OC(=S)Oc2ccc(Cl)cc2)[C@H]1O. The third-order valence-corrected chi connectivity index (χ3v) is 3.73. The monoisotopic (exact) mass is 364 g/mol. The Labute approximate surface area is 143 Å². The molecule has 5 atom stereocenters. The van der Waals surface area contributed by atoms with Crippen molar-refractivity contribution in [2.24, 2.45) is 0 Å². The molecule has 1 aliphatic heterocycles. The number of benzene rings is 1. The molecule has 1 saturated heterocycles. The molecule has 128 valence electrons. The Hall–Kier alpha value is -1.00. The van der Waals surface area contributed by atoms with Crippen molar-refractivity contribution in [2.75, 3.05) is 13.7 Å². The van der Waals surface area contributed by atoms with Gasteiger partial charge in [0.15, 0.2) is 12.4 Å². The average molecular weight is 365 g/mol. The first-order valence-electron chi connectivity index (χ1n) is 6.75. The molecule has 3 N–H and O–H groups in total. The Morgan fingerprint density at radius 3 is 2.48 bits per heavy atom. The second-order valence-corrected chi connectivity index (χ2v) is 5.60. The molecule has 1 aromatic rings. The van der Waals surface area contributed by atoms with E-state index >= 15 is 0 Å². The highest BCUT2D eigenvalue weighted by Gasteiger charge is 2.46. The fourth-order valence-corrected chi connectivity index (χ4v) is 2.45. The van der Waals surface area contributed by atoms with Crippen LogP contribution in [0.4, 0.5) is 0 Å². The van der Waals surface area contributed by atoms with E-state index in [1.165, 1.54) is 7.11 Å². The van der Waals surface area contributed by atoms with E-state index in [0.29, 0.717) is 10.8 Å². The van der Waals surface area contributed by atoms with Crippen molar-refractivity contribution < 1.29 is 34.3 Å². The Kier molecular flexibility index (Phi) is 6.54. The van der Waals surface area contributed by atoms with Gasteiger partial charge in [0.25, 0.3) is 0 Å². The van der Waals surface area contributed by atoms with Gasteiger partial charge in [0.1, 0.15) is 24.1 Å². The fourth-order valence-electron chi connectivity index (χ4n) is 2.12. The van der Waals surface area contributed by atoms with Crippen molar-refractivity contribution in [1.29, 1.82) is 0 Å². The minimum absolute atomic E-state index is 0.302. The lowest BCUT2D eigenvalue weighted by atomic mass is 9.99. The van der Waals surface area contributed by atoms with Crippen LogP contribution >= 0.6 is 23.8 Å². The first kappa shape index (κ1) is 18.3. The molecule has 0 aromatic heterocycles. The molecule has 0 saturated carbocycles. The van der Waals surface area contributed by atoms with Crippen LogP contribution in [0.1, 0.15) is 0 Å². The Balaban J connectivity index is 2.03. The van der Waals surface area contributed by atoms with Gasteiger partial charge < -0.3 is 34.3 Å². The summed E-state index contributed by atoms with van der Waals surface area (Å²) in [7, 11) is 1.32. The van der Waals surface area contributed by atoms with E-state index in [9.17, 15) is 15.3 Å². The number of halogens is 1. The van der Waals surface area contributed by atoms with Crippen LogP contribution in [0.2, 0.25) is 5.02 Å². The predicted octanol–water partition coefficient (Wildman–Crippen LogP) is 0.474. The van der Waals surface area contributed by atoms with Gasteiger partial charge in [-0.1, -0.05) is 11.6 Å². The summed E-state index contributed by atoms with van der Waals surface area (Å²) < 4.78 is 20.8. The van der Waals surface area contributed by atoms with Crippen LogP contribution in [0.5, 0.6) is 5.75 Å². The summed E-state index contributed by atoms with van der Waals surface area (Å²) >= 11 is 10.7. The molecule has 2 rings (SSSR count). The average Bonchev–Trinajstić information content (AvgIpc) is 2.54. The van der Waals surface area contributed by atoms with Gasteiger partial charge in [-0.3, -0.25) is 0 Å². The van der Waals surface area contributed by atoms with Crippen molar-refractivity contribution in [3.05, 3.63) is 29.3 Å². The van der Waals surface area contributed by atoms with Crippen molar-refractivity contribution in [1.82, 2.24) is 0 Å². The van der Waals surface area contributed by atoms with Crippen LogP contribution in [0, 0.1) is 0 Å². The minimum Gasteiger partial charge on any atom is -0.447 e. The van der Waals surface area contributed by atoms with E-state index in [0.717, 1.165) is 0 Å². The van der Waals surface area contributed by atoms with Crippen molar-refractivity contribution in [3.8, 4) is 5.75 Å². The van der Waals surface area contributed by atoms with E-state index in [1.54, 1.807) is 24.3 Å². The fraction of sp³-hybridized carbons (Fsp3) is 0.500. The summed E-state index contributed by atoms with van der Waals surface area (Å²) in [6, 6.07) is 6.40. The number of aliphatic hydroxyl groups is 3. The first-order chi connectivity index (χ1) is 11.0. The smallest absolute Gasteiger partial charge is 0.358 e. The maximum absolute atomic E-state index is 10.1. The zero-order valence-corrected chi connectivity index (χ0v) is 13.7. The topological polar surface area (TPSA) is 97.6 Å². The van der Waals surface area contributed by atoms with Crippen molar-refractivity contribution in [3.63, 3.8) is 0 Å². The molecular weight excluding hydrogens is 348 g/mol. The van der Waals surface area contributed by atoms with Crippen LogP contribution in [0.25, 0.3) is 0 Å². The Morgan fingerprint density at radius 2 is 1.91 bits per heavy atom. The summed E-state index contributed by atoms with van der Waals surface area (Å²) in [5.41, 5.74) is 0. The van der Waals surface area contributed by atoms with Crippen LogP contribution in [0.3, 0.4) is 0 Å². The zero-order valence-electron chi connectivity index (χ0n) is 12.2. The van der Waals surface area contributed by atoms with Gasteiger partial charge in [0.05, 0.1) is 6.61 Å². The molecule has 9 heteroatoms. The molecule has 23 heavy (non-hydrogen) atoms. The summed E-state index contributed by atoms with van der Waals surface area (Å²) in [4.78, 5) is 0. The highest BCUT2D eigenvalue weighted by Crippen LogP contribution is 2.25. The molecule has 1 aliphatic rings. The number of thiocarbonyl (C=S) groups is 1. The largest absolute Gasteiger partial charge is 0.447 e. The molecule has 0 aliphatic carbocycles. The predicted molar refractivity (Wildman–Crippen MR) is 84.3 cm³/mol. The van der Waals surface area contributed by atoms with Gasteiger partial charge in [-0.05, 0) is 24.3 Å². The number of methoxy groups -OCH3 is 1. The molecule has 1 fully saturated rings. The highest BCUT2D eigenvalue weighted by atomic mass is 35.5. The van der Waals surface area contributed by atoms with Gasteiger partial charge in [0.2, 0.25) is 0 Å². The highest BCUT2D eigenvalue weighted by molar-refractivity contribution is 7.79. The Morgan fingerprint density at radius 1 is 1.26 bits per heavy atom. The zero-order chi connectivity index (χ0) is 17.0. The van der Waals surface area contributed by atoms with Crippen LogP contribution < -0.4 is 4.74 Å². The molecule has 1 heterocycles. The molecule has 0 bridgehead atoms. The van der Waals surface area contributed by atoms with E-state index in [2.05, 4.69) is 0 Å². The van der Waals surface area contributed by atoms with Crippen molar-refractivity contribution >= 4 is 29.1 Å². The number of ether oxygens (including phenoxy) is 4. The molecule has 7 nitrogen and oxygen atoms in total. The van der Waals surface area contributed by atoms with Gasteiger partial charge in [0, 0.05) is 24.4 Å². The Bertz CT molecular complexity index is 510. The first-order valence-corrected chi connectivity index (χ1v) is 7.54. The summed E-state index contributed by atoms with van der Waals surface area (Å²) in [5.74, 6) is 0.387. The third kappa shape index (κ3) is 4.51. The van der Waals surface area contributed by atoms with Crippen LogP contribution in [0.15, 0.2) is 24.3 Å². The maximum atomic E-state index is 10.1. The second-order valence-electron chi connectivity index (χ2n) is 4.83. The minimum atomic E-state index is -1.32. The van der Waals surface area contributed by atoms with Crippen LogP contribution in [-0.2, 0) is 14.2 Å². The van der Waals surface area contributed by atoms with E-state index in [4.69, 9.17) is 42.8 Å². The second kappa shape index (κ2) is 8.20. The number of aliphatic hydroxyl groups excluding tert-OH is 3. The standard InChI is InChI=1S/C14H17ClO7S/c1-19-13-11(18)12(10(17)9(6-16)21-13)22-14(23)20-8-4-2-7(15)3-5-8/h2-5,9-13,16-18H,6H2,1H3/t9-,10+,11-,12+,13-/m1/s1. The molecule has 0 spiro atoms. The number of rotatable bonds is 4. The molecule has 0 unspecified atom stereocenters. The normalized spacial score (nSPS) is 30.7. The molecule has 0 amide bonds. The van der Waals surface area contributed by atoms with Crippen LogP contribution in [-0.4, -0.2) is 65.0 Å². The van der Waals surface area contributed by atoms with Gasteiger partial charge in [-0.2, -0.15) is 0 Å². The van der Waals surface area contributed by atoms with E-state index in [1.807, 2.05) is 0 Å². The number of hydrogen-bond donors (Lipinski definition) is 3. The lowest BCUT2D eigenvalue weighted by Gasteiger charge is -2.40. The third-order valence-electron chi connectivity index (χ3n) is 3.30. The molecular formula is C14H17ClO7S. The van der Waals surface area contributed by atoms with Crippen molar-refractivity contribution in [2.45, 2.75) is 30.7 Å². The summed E-state index contributed by atoms with van der Waals surface area (Å²) in [6.45, 7) is -0.474. The van der Waals surface area contributed by atoms with Gasteiger partial charge >= 0.3 is 5.24 Å². The quantitative estimate of drug-likeness (QED) is 0.663. The van der Waals surface area contributed by atoms with E-state index in [-0.39, 0.29) is 5.24 Å². The summed E-state index contributed by atoms with van der Waals surface area (Å²) in [5, 5.41) is 29.7.